The molecule has 0 amide bonds. The van der Waals surface area contributed by atoms with Crippen molar-refractivity contribution in [3.05, 3.63) is 0 Å². The van der Waals surface area contributed by atoms with Crippen LogP contribution in [0.5, 0.6) is 0 Å². The Labute approximate surface area is 100 Å². The topological polar surface area (TPSA) is 79.2 Å². The zero-order valence-electron chi connectivity index (χ0n) is 8.48. The van der Waals surface area contributed by atoms with Crippen LogP contribution in [-0.2, 0) is 9.47 Å². The van der Waals surface area contributed by atoms with E-state index in [1.807, 2.05) is 0 Å². The van der Waals surface area contributed by atoms with Gasteiger partial charge < -0.3 is 24.8 Å². The van der Waals surface area contributed by atoms with Gasteiger partial charge in [-0.2, -0.15) is 25.3 Å². The molecule has 0 saturated carbocycles. The lowest BCUT2D eigenvalue weighted by atomic mass is 10.2. The van der Waals surface area contributed by atoms with Crippen molar-refractivity contribution in [3.63, 3.8) is 0 Å². The molecule has 92 valence electrons. The average molecular weight is 258 g/mol. The number of hydrogen-bond acceptors (Lipinski definition) is 7. The Morgan fingerprint density at radius 3 is 2.13 bits per heavy atom. The smallest absolute Gasteiger partial charge is 0.209 e. The van der Waals surface area contributed by atoms with Crippen LogP contribution in [0.4, 0.5) is 0 Å². The Bertz CT molecular complexity index is 156. The van der Waals surface area contributed by atoms with E-state index < -0.39 is 24.8 Å². The fraction of sp³-hybridized carbons (Fsp3) is 1.00. The molecule has 0 aromatic rings. The van der Waals surface area contributed by atoms with Crippen LogP contribution in [0, 0.1) is 0 Å². The molecule has 3 atom stereocenters. The van der Waals surface area contributed by atoms with Crippen molar-refractivity contribution in [2.24, 2.45) is 0 Å². The van der Waals surface area contributed by atoms with Crippen molar-refractivity contribution in [1.82, 2.24) is 0 Å². The second-order valence-corrected chi connectivity index (χ2v) is 3.79. The van der Waals surface area contributed by atoms with E-state index in [9.17, 15) is 5.11 Å². The van der Waals surface area contributed by atoms with Crippen molar-refractivity contribution in [3.8, 4) is 0 Å². The first-order valence-corrected chi connectivity index (χ1v) is 5.82. The number of hydrogen-bond donors (Lipinski definition) is 5. The summed E-state index contributed by atoms with van der Waals surface area (Å²) < 4.78 is 10.1. The minimum Gasteiger partial charge on any atom is -0.391 e. The summed E-state index contributed by atoms with van der Waals surface area (Å²) in [4.78, 5) is 0. The molecule has 0 aliphatic heterocycles. The molecule has 0 saturated heterocycles. The number of rotatable bonds is 8. The van der Waals surface area contributed by atoms with Gasteiger partial charge in [0.1, 0.15) is 0 Å². The maximum atomic E-state index is 9.26. The van der Waals surface area contributed by atoms with E-state index in [0.29, 0.717) is 5.75 Å². The van der Waals surface area contributed by atoms with Crippen LogP contribution in [0.2, 0.25) is 0 Å². The average Bonchev–Trinajstić information content (AvgIpc) is 2.17. The molecule has 0 bridgehead atoms. The normalized spacial score (nSPS) is 17.8. The van der Waals surface area contributed by atoms with Gasteiger partial charge in [-0.25, -0.2) is 0 Å². The monoisotopic (exact) mass is 258 g/mol. The van der Waals surface area contributed by atoms with Gasteiger partial charge in [-0.05, 0) is 6.92 Å². The Kier molecular flexibility index (Phi) is 8.92. The first kappa shape index (κ1) is 15.5. The van der Waals surface area contributed by atoms with Gasteiger partial charge in [0.2, 0.25) is 12.6 Å². The fourth-order valence-electron chi connectivity index (χ4n) is 0.846. The number of aliphatic hydroxyl groups is 3. The molecular weight excluding hydrogens is 240 g/mol. The second-order valence-electron chi connectivity index (χ2n) is 2.97. The second kappa shape index (κ2) is 8.63. The summed E-state index contributed by atoms with van der Waals surface area (Å²) in [5.41, 5.74) is 0. The molecule has 0 aliphatic rings. The molecule has 0 aromatic heterocycles. The van der Waals surface area contributed by atoms with Gasteiger partial charge in [0.05, 0.1) is 18.8 Å². The minimum atomic E-state index is -1.76. The Hall–Kier alpha value is 0.500. The summed E-state index contributed by atoms with van der Waals surface area (Å²) in [7, 11) is 0. The molecule has 0 rings (SSSR count). The molecule has 7 heteroatoms. The molecule has 15 heavy (non-hydrogen) atoms. The van der Waals surface area contributed by atoms with E-state index in [0.717, 1.165) is 0 Å². The van der Waals surface area contributed by atoms with Gasteiger partial charge in [0.15, 0.2) is 0 Å². The summed E-state index contributed by atoms with van der Waals surface area (Å²) in [5.74, 6) is 0.692. The lowest BCUT2D eigenvalue weighted by Crippen LogP contribution is -2.40. The predicted molar refractivity (Wildman–Crippen MR) is 62.2 cm³/mol. The van der Waals surface area contributed by atoms with E-state index >= 15 is 0 Å². The van der Waals surface area contributed by atoms with E-state index in [1.54, 1.807) is 0 Å². The van der Waals surface area contributed by atoms with Crippen LogP contribution in [0.1, 0.15) is 6.92 Å². The molecule has 5 nitrogen and oxygen atoms in total. The highest BCUT2D eigenvalue weighted by Gasteiger charge is 2.24. The maximum Gasteiger partial charge on any atom is 0.209 e. The van der Waals surface area contributed by atoms with Crippen LogP contribution >= 0.6 is 25.3 Å². The molecule has 2 unspecified atom stereocenters. The number of ether oxygens (including phenoxy) is 2. The first-order valence-electron chi connectivity index (χ1n) is 4.56. The summed E-state index contributed by atoms with van der Waals surface area (Å²) >= 11 is 7.88. The maximum absolute atomic E-state index is 9.26. The fourth-order valence-corrected chi connectivity index (χ4v) is 1.34. The summed E-state index contributed by atoms with van der Waals surface area (Å²) in [6, 6.07) is 0. The summed E-state index contributed by atoms with van der Waals surface area (Å²) in [6.07, 6.45) is -4.32. The van der Waals surface area contributed by atoms with Crippen molar-refractivity contribution in [2.45, 2.75) is 31.7 Å². The highest BCUT2D eigenvalue weighted by Crippen LogP contribution is 2.09. The van der Waals surface area contributed by atoms with Gasteiger partial charge in [0, 0.05) is 11.5 Å². The molecular formula is C8H18O5S2. The summed E-state index contributed by atoms with van der Waals surface area (Å²) in [6.45, 7) is 1.75. The quantitative estimate of drug-likeness (QED) is 0.293. The van der Waals surface area contributed by atoms with Gasteiger partial charge in [0.25, 0.3) is 0 Å². The van der Waals surface area contributed by atoms with Crippen molar-refractivity contribution in [1.29, 1.82) is 0 Å². The Morgan fingerprint density at radius 1 is 1.20 bits per heavy atom. The highest BCUT2D eigenvalue weighted by atomic mass is 32.1. The number of thiol groups is 2. The van der Waals surface area contributed by atoms with Crippen LogP contribution in [0.3, 0.4) is 0 Å². The first-order chi connectivity index (χ1) is 7.02. The molecule has 0 aromatic carbocycles. The predicted octanol–water partition coefficient (Wildman–Crippen LogP) is -0.735. The Balaban J connectivity index is 4.12. The zero-order chi connectivity index (χ0) is 11.8. The van der Waals surface area contributed by atoms with E-state index in [-0.39, 0.29) is 12.4 Å². The zero-order valence-corrected chi connectivity index (χ0v) is 10.3. The van der Waals surface area contributed by atoms with Gasteiger partial charge >= 0.3 is 0 Å². The van der Waals surface area contributed by atoms with E-state index in [4.69, 9.17) is 19.7 Å². The van der Waals surface area contributed by atoms with Crippen molar-refractivity contribution in [2.75, 3.05) is 18.1 Å². The van der Waals surface area contributed by atoms with Crippen LogP contribution in [0.15, 0.2) is 0 Å². The molecule has 0 aliphatic carbocycles. The molecule has 0 radical (unpaired) electrons. The van der Waals surface area contributed by atoms with E-state index in [1.165, 1.54) is 6.92 Å². The molecule has 0 fully saturated rings. The molecule has 3 N–H and O–H groups in total. The standard InChI is InChI=1S/C8H18O5S2/c1-5(9)6(4-15)13-8(7(10)11)12-2-3-14/h5-11,14-15H,2-4H2,1H3/t5-,6?,8?/m1/s1. The highest BCUT2D eigenvalue weighted by molar-refractivity contribution is 7.80. The van der Waals surface area contributed by atoms with Gasteiger partial charge in [-0.15, -0.1) is 0 Å². The lowest BCUT2D eigenvalue weighted by Gasteiger charge is -2.26. The third kappa shape index (κ3) is 6.62. The minimum absolute atomic E-state index is 0.227. The third-order valence-corrected chi connectivity index (χ3v) is 2.19. The van der Waals surface area contributed by atoms with Gasteiger partial charge in [-0.1, -0.05) is 0 Å². The van der Waals surface area contributed by atoms with Crippen LogP contribution in [0.25, 0.3) is 0 Å². The SMILES string of the molecule is C[C@@H](O)C(CS)OC(OCCS)C(O)O. The lowest BCUT2D eigenvalue weighted by molar-refractivity contribution is -0.272. The molecule has 0 heterocycles. The van der Waals surface area contributed by atoms with E-state index in [2.05, 4.69) is 25.3 Å². The third-order valence-electron chi connectivity index (χ3n) is 1.64. The Morgan fingerprint density at radius 2 is 1.80 bits per heavy atom. The van der Waals surface area contributed by atoms with Crippen LogP contribution < -0.4 is 0 Å². The largest absolute Gasteiger partial charge is 0.391 e. The van der Waals surface area contributed by atoms with Crippen LogP contribution in [-0.4, -0.2) is 58.2 Å². The summed E-state index contributed by atoms with van der Waals surface area (Å²) in [5, 5.41) is 27.1. The van der Waals surface area contributed by atoms with Gasteiger partial charge in [-0.3, -0.25) is 0 Å². The van der Waals surface area contributed by atoms with Crippen molar-refractivity contribution < 1.29 is 24.8 Å². The van der Waals surface area contributed by atoms with Crippen molar-refractivity contribution >= 4 is 25.3 Å². The number of aliphatic hydroxyl groups excluding tert-OH is 2. The molecule has 0 spiro atoms.